The molecule has 1 N–H and O–H groups in total. The predicted octanol–water partition coefficient (Wildman–Crippen LogP) is 3.55. The zero-order valence-electron chi connectivity index (χ0n) is 12.6. The van der Waals surface area contributed by atoms with E-state index in [9.17, 15) is 4.79 Å². The molecular formula is C18H17N3O. The van der Waals surface area contributed by atoms with Crippen LogP contribution in [0.15, 0.2) is 60.8 Å². The highest BCUT2D eigenvalue weighted by Crippen LogP contribution is 2.23. The van der Waals surface area contributed by atoms with E-state index in [1.165, 1.54) is 0 Å². The third-order valence-corrected chi connectivity index (χ3v) is 3.50. The van der Waals surface area contributed by atoms with Crippen molar-refractivity contribution in [3.05, 3.63) is 66.4 Å². The molecule has 0 aliphatic rings. The Morgan fingerprint density at radius 1 is 1.05 bits per heavy atom. The maximum Gasteiger partial charge on any atom is 0.255 e. The fourth-order valence-electron chi connectivity index (χ4n) is 2.33. The summed E-state index contributed by atoms with van der Waals surface area (Å²) in [5.41, 5.74) is 1.40. The molecule has 0 fully saturated rings. The summed E-state index contributed by atoms with van der Waals surface area (Å²) >= 11 is 0. The Balaban J connectivity index is 1.92. The molecule has 0 bridgehead atoms. The van der Waals surface area contributed by atoms with E-state index in [4.69, 9.17) is 0 Å². The van der Waals surface area contributed by atoms with Gasteiger partial charge in [0.15, 0.2) is 0 Å². The van der Waals surface area contributed by atoms with Gasteiger partial charge >= 0.3 is 0 Å². The van der Waals surface area contributed by atoms with Crippen molar-refractivity contribution in [2.24, 2.45) is 0 Å². The molecule has 0 aliphatic carbocycles. The van der Waals surface area contributed by atoms with Gasteiger partial charge in [-0.05, 0) is 23.6 Å². The zero-order chi connectivity index (χ0) is 15.5. The molecule has 1 heterocycles. The summed E-state index contributed by atoms with van der Waals surface area (Å²) in [6.07, 6.45) is 1.65. The molecule has 1 amide bonds. The summed E-state index contributed by atoms with van der Waals surface area (Å²) in [6.45, 7) is 0. The highest BCUT2D eigenvalue weighted by molar-refractivity contribution is 6.09. The monoisotopic (exact) mass is 291 g/mol. The molecule has 0 aliphatic heterocycles. The molecule has 2 aromatic carbocycles. The number of anilines is 2. The SMILES string of the molecule is CN(C)c1cc(C(=O)Nc2cccc3ccccc23)ccn1. The van der Waals surface area contributed by atoms with E-state index in [1.54, 1.807) is 18.3 Å². The number of carbonyl (C=O) groups excluding carboxylic acids is 1. The number of benzene rings is 2. The van der Waals surface area contributed by atoms with Crippen LogP contribution in [0.2, 0.25) is 0 Å². The van der Waals surface area contributed by atoms with Gasteiger partial charge in [0.1, 0.15) is 5.82 Å². The summed E-state index contributed by atoms with van der Waals surface area (Å²) in [5.74, 6) is 0.618. The van der Waals surface area contributed by atoms with Crippen molar-refractivity contribution in [3.63, 3.8) is 0 Å². The number of rotatable bonds is 3. The first-order valence-corrected chi connectivity index (χ1v) is 7.07. The number of pyridine rings is 1. The molecule has 3 rings (SSSR count). The van der Waals surface area contributed by atoms with E-state index >= 15 is 0 Å². The molecule has 0 spiro atoms. The van der Waals surface area contributed by atoms with Gasteiger partial charge in [0, 0.05) is 36.9 Å². The van der Waals surface area contributed by atoms with Crippen molar-refractivity contribution >= 4 is 28.2 Å². The van der Waals surface area contributed by atoms with Crippen LogP contribution in [0.5, 0.6) is 0 Å². The molecule has 0 saturated heterocycles. The predicted molar refractivity (Wildman–Crippen MR) is 90.5 cm³/mol. The minimum Gasteiger partial charge on any atom is -0.363 e. The van der Waals surface area contributed by atoms with E-state index in [1.807, 2.05) is 61.5 Å². The average Bonchev–Trinajstić information content (AvgIpc) is 2.55. The quantitative estimate of drug-likeness (QED) is 0.802. The number of aromatic nitrogens is 1. The molecule has 22 heavy (non-hydrogen) atoms. The van der Waals surface area contributed by atoms with Gasteiger partial charge in [0.05, 0.1) is 0 Å². The second-order valence-electron chi connectivity index (χ2n) is 5.28. The fourth-order valence-corrected chi connectivity index (χ4v) is 2.33. The van der Waals surface area contributed by atoms with E-state index in [0.29, 0.717) is 5.56 Å². The van der Waals surface area contributed by atoms with Gasteiger partial charge in [0.2, 0.25) is 0 Å². The first kappa shape index (κ1) is 14.1. The molecule has 0 unspecified atom stereocenters. The maximum atomic E-state index is 12.5. The normalized spacial score (nSPS) is 10.5. The minimum absolute atomic E-state index is 0.137. The van der Waals surface area contributed by atoms with Gasteiger partial charge in [-0.1, -0.05) is 36.4 Å². The molecule has 4 heteroatoms. The molecule has 0 saturated carbocycles. The van der Waals surface area contributed by atoms with Crippen molar-refractivity contribution < 1.29 is 4.79 Å². The number of amides is 1. The largest absolute Gasteiger partial charge is 0.363 e. The van der Waals surface area contributed by atoms with Crippen LogP contribution in [-0.4, -0.2) is 25.0 Å². The number of hydrogen-bond donors (Lipinski definition) is 1. The Morgan fingerprint density at radius 2 is 1.82 bits per heavy atom. The number of hydrogen-bond acceptors (Lipinski definition) is 3. The minimum atomic E-state index is -0.137. The number of nitrogens with one attached hydrogen (secondary N) is 1. The number of nitrogens with zero attached hydrogens (tertiary/aromatic N) is 2. The topological polar surface area (TPSA) is 45.2 Å². The third-order valence-electron chi connectivity index (χ3n) is 3.50. The van der Waals surface area contributed by atoms with Gasteiger partial charge < -0.3 is 10.2 Å². The smallest absolute Gasteiger partial charge is 0.255 e. The van der Waals surface area contributed by atoms with Crippen molar-refractivity contribution in [1.82, 2.24) is 4.98 Å². The van der Waals surface area contributed by atoms with Crippen LogP contribution in [-0.2, 0) is 0 Å². The molecule has 1 aromatic heterocycles. The zero-order valence-corrected chi connectivity index (χ0v) is 12.6. The van der Waals surface area contributed by atoms with Crippen LogP contribution in [0.1, 0.15) is 10.4 Å². The summed E-state index contributed by atoms with van der Waals surface area (Å²) in [5, 5.41) is 5.11. The van der Waals surface area contributed by atoms with Crippen LogP contribution in [0.4, 0.5) is 11.5 Å². The number of carbonyl (C=O) groups is 1. The highest BCUT2D eigenvalue weighted by Gasteiger charge is 2.10. The highest BCUT2D eigenvalue weighted by atomic mass is 16.1. The second-order valence-corrected chi connectivity index (χ2v) is 5.28. The van der Waals surface area contributed by atoms with Gasteiger partial charge in [0.25, 0.3) is 5.91 Å². The third kappa shape index (κ3) is 2.76. The van der Waals surface area contributed by atoms with E-state index in [-0.39, 0.29) is 5.91 Å². The van der Waals surface area contributed by atoms with Crippen molar-refractivity contribution in [2.75, 3.05) is 24.3 Å². The van der Waals surface area contributed by atoms with Crippen molar-refractivity contribution in [2.45, 2.75) is 0 Å². The van der Waals surface area contributed by atoms with E-state index in [2.05, 4.69) is 10.3 Å². The standard InChI is InChI=1S/C18H17N3O/c1-21(2)17-12-14(10-11-19-17)18(22)20-16-9-5-7-13-6-3-4-8-15(13)16/h3-12H,1-2H3,(H,20,22). The van der Waals surface area contributed by atoms with E-state index in [0.717, 1.165) is 22.3 Å². The Bertz CT molecular complexity index is 822. The van der Waals surface area contributed by atoms with Gasteiger partial charge in [-0.3, -0.25) is 4.79 Å². The molecule has 3 aromatic rings. The van der Waals surface area contributed by atoms with Crippen LogP contribution in [0.25, 0.3) is 10.8 Å². The lowest BCUT2D eigenvalue weighted by Crippen LogP contribution is -2.15. The molecule has 110 valence electrons. The first-order valence-electron chi connectivity index (χ1n) is 7.07. The Kier molecular flexibility index (Phi) is 3.74. The van der Waals surface area contributed by atoms with Crippen LogP contribution in [0.3, 0.4) is 0 Å². The maximum absolute atomic E-state index is 12.5. The average molecular weight is 291 g/mol. The second kappa shape index (κ2) is 5.85. The van der Waals surface area contributed by atoms with Gasteiger partial charge in [-0.25, -0.2) is 4.98 Å². The van der Waals surface area contributed by atoms with E-state index < -0.39 is 0 Å². The summed E-state index contributed by atoms with van der Waals surface area (Å²) in [7, 11) is 3.80. The first-order chi connectivity index (χ1) is 10.6. The van der Waals surface area contributed by atoms with Crippen LogP contribution in [0, 0.1) is 0 Å². The number of fused-ring (bicyclic) bond motifs is 1. The fraction of sp³-hybridized carbons (Fsp3) is 0.111. The summed E-state index contributed by atoms with van der Waals surface area (Å²) < 4.78 is 0. The molecule has 0 radical (unpaired) electrons. The lowest BCUT2D eigenvalue weighted by Gasteiger charge is -2.13. The Labute approximate surface area is 129 Å². The Hall–Kier alpha value is -2.88. The molecular weight excluding hydrogens is 274 g/mol. The van der Waals surface area contributed by atoms with Crippen LogP contribution >= 0.6 is 0 Å². The van der Waals surface area contributed by atoms with Crippen LogP contribution < -0.4 is 10.2 Å². The molecule has 4 nitrogen and oxygen atoms in total. The Morgan fingerprint density at radius 3 is 2.64 bits per heavy atom. The van der Waals surface area contributed by atoms with Gasteiger partial charge in [-0.15, -0.1) is 0 Å². The van der Waals surface area contributed by atoms with Crippen molar-refractivity contribution in [1.29, 1.82) is 0 Å². The summed E-state index contributed by atoms with van der Waals surface area (Å²) in [6, 6.07) is 17.4. The molecule has 0 atom stereocenters. The van der Waals surface area contributed by atoms with Gasteiger partial charge in [-0.2, -0.15) is 0 Å². The summed E-state index contributed by atoms with van der Waals surface area (Å²) in [4.78, 5) is 18.6. The lowest BCUT2D eigenvalue weighted by atomic mass is 10.1. The van der Waals surface area contributed by atoms with Crippen molar-refractivity contribution in [3.8, 4) is 0 Å². The lowest BCUT2D eigenvalue weighted by molar-refractivity contribution is 0.102.